The molecule has 110 valence electrons. The molecule has 0 bridgehead atoms. The molecule has 22 heavy (non-hydrogen) atoms. The molecule has 0 aromatic heterocycles. The zero-order chi connectivity index (χ0) is 15.3. The molecule has 0 saturated heterocycles. The van der Waals surface area contributed by atoms with Crippen molar-refractivity contribution >= 4 is 0 Å². The summed E-state index contributed by atoms with van der Waals surface area (Å²) in [5.41, 5.74) is 2.72. The molecule has 2 nitrogen and oxygen atoms in total. The first-order chi connectivity index (χ1) is 10.9. The van der Waals surface area contributed by atoms with Gasteiger partial charge in [-0.25, -0.2) is 0 Å². The van der Waals surface area contributed by atoms with Crippen molar-refractivity contribution < 1.29 is 5.11 Å². The number of hydrogen-bond acceptors (Lipinski definition) is 2. The van der Waals surface area contributed by atoms with E-state index in [1.54, 1.807) is 0 Å². The zero-order valence-corrected chi connectivity index (χ0v) is 12.3. The Morgan fingerprint density at radius 2 is 0.909 bits per heavy atom. The first-order valence-corrected chi connectivity index (χ1v) is 7.40. The van der Waals surface area contributed by atoms with Crippen LogP contribution in [-0.4, -0.2) is 11.8 Å². The summed E-state index contributed by atoms with van der Waals surface area (Å²) in [7, 11) is 0. The van der Waals surface area contributed by atoms with E-state index in [1.807, 2.05) is 54.6 Å². The van der Waals surface area contributed by atoms with Gasteiger partial charge in [-0.15, -0.1) is 0 Å². The summed E-state index contributed by atoms with van der Waals surface area (Å²) in [5, 5.41) is 13.0. The summed E-state index contributed by atoms with van der Waals surface area (Å²) in [6.45, 7) is -0.112. The lowest BCUT2D eigenvalue weighted by Crippen LogP contribution is -2.45. The second-order valence-electron chi connectivity index (χ2n) is 5.18. The molecule has 3 aromatic carbocycles. The smallest absolute Gasteiger partial charge is 0.0965 e. The van der Waals surface area contributed by atoms with E-state index in [0.29, 0.717) is 0 Å². The number of aliphatic hydroxyl groups is 1. The van der Waals surface area contributed by atoms with E-state index in [2.05, 4.69) is 41.7 Å². The van der Waals surface area contributed by atoms with Gasteiger partial charge >= 0.3 is 0 Å². The molecule has 3 rings (SSSR count). The van der Waals surface area contributed by atoms with Crippen molar-refractivity contribution in [2.24, 2.45) is 0 Å². The molecule has 0 saturated carbocycles. The second kappa shape index (κ2) is 6.56. The van der Waals surface area contributed by atoms with Gasteiger partial charge in [0.25, 0.3) is 0 Å². The van der Waals surface area contributed by atoms with E-state index in [0.717, 1.165) is 16.7 Å². The van der Waals surface area contributed by atoms with E-state index < -0.39 is 5.54 Å². The maximum Gasteiger partial charge on any atom is 0.0965 e. The Labute approximate surface area is 131 Å². The van der Waals surface area contributed by atoms with Crippen LogP contribution < -0.4 is 5.32 Å². The Morgan fingerprint density at radius 3 is 1.18 bits per heavy atom. The van der Waals surface area contributed by atoms with Gasteiger partial charge in [0.2, 0.25) is 0 Å². The van der Waals surface area contributed by atoms with Gasteiger partial charge in [-0.3, -0.25) is 5.32 Å². The minimum Gasteiger partial charge on any atom is -0.381 e. The third-order valence-corrected chi connectivity index (χ3v) is 3.96. The summed E-state index contributed by atoms with van der Waals surface area (Å²) < 4.78 is 0. The molecule has 0 fully saturated rings. The summed E-state index contributed by atoms with van der Waals surface area (Å²) >= 11 is 0. The van der Waals surface area contributed by atoms with E-state index in [4.69, 9.17) is 0 Å². The predicted molar refractivity (Wildman–Crippen MR) is 89.4 cm³/mol. The highest BCUT2D eigenvalue weighted by Crippen LogP contribution is 2.36. The van der Waals surface area contributed by atoms with E-state index in [9.17, 15) is 5.11 Å². The van der Waals surface area contributed by atoms with Crippen molar-refractivity contribution in [1.82, 2.24) is 5.32 Å². The average molecular weight is 289 g/mol. The maximum absolute atomic E-state index is 9.67. The lowest BCUT2D eigenvalue weighted by Gasteiger charge is -2.36. The second-order valence-corrected chi connectivity index (χ2v) is 5.18. The van der Waals surface area contributed by atoms with Crippen LogP contribution in [0.4, 0.5) is 0 Å². The summed E-state index contributed by atoms with van der Waals surface area (Å²) in [5.74, 6) is 0. The van der Waals surface area contributed by atoms with Gasteiger partial charge in [0, 0.05) is 0 Å². The predicted octanol–water partition coefficient (Wildman–Crippen LogP) is 3.52. The number of benzene rings is 3. The largest absolute Gasteiger partial charge is 0.381 e. The van der Waals surface area contributed by atoms with Gasteiger partial charge in [-0.05, 0) is 16.7 Å². The van der Waals surface area contributed by atoms with Crippen LogP contribution in [0.2, 0.25) is 0 Å². The number of hydrogen-bond donors (Lipinski definition) is 2. The van der Waals surface area contributed by atoms with Crippen LogP contribution >= 0.6 is 0 Å². The van der Waals surface area contributed by atoms with Gasteiger partial charge < -0.3 is 5.11 Å². The first kappa shape index (κ1) is 14.5. The van der Waals surface area contributed by atoms with Crippen LogP contribution in [0, 0.1) is 0 Å². The van der Waals surface area contributed by atoms with Crippen LogP contribution in [0.3, 0.4) is 0 Å². The van der Waals surface area contributed by atoms with Gasteiger partial charge in [0.05, 0.1) is 12.3 Å². The van der Waals surface area contributed by atoms with Crippen molar-refractivity contribution in [2.75, 3.05) is 6.73 Å². The molecule has 0 aliphatic rings. The normalized spacial score (nSPS) is 11.3. The van der Waals surface area contributed by atoms with Crippen LogP contribution in [0.15, 0.2) is 91.0 Å². The standard InChI is InChI=1S/C20H19NO/c22-16-21-20(17-10-4-1-5-11-17,18-12-6-2-7-13-18)19-14-8-3-9-15-19/h1-15,21-22H,16H2. The summed E-state index contributed by atoms with van der Waals surface area (Å²) in [6, 6.07) is 30.7. The molecular formula is C20H19NO. The topological polar surface area (TPSA) is 32.3 Å². The zero-order valence-electron chi connectivity index (χ0n) is 12.3. The molecule has 0 unspecified atom stereocenters. The van der Waals surface area contributed by atoms with Crippen molar-refractivity contribution in [1.29, 1.82) is 0 Å². The number of nitrogens with one attached hydrogen (secondary N) is 1. The number of rotatable bonds is 5. The lowest BCUT2D eigenvalue weighted by atomic mass is 9.77. The highest BCUT2D eigenvalue weighted by molar-refractivity contribution is 5.49. The SMILES string of the molecule is OCNC(c1ccccc1)(c1ccccc1)c1ccccc1. The van der Waals surface area contributed by atoms with Gasteiger partial charge in [0.1, 0.15) is 0 Å². The van der Waals surface area contributed by atoms with Crippen LogP contribution in [-0.2, 0) is 5.54 Å². The third kappa shape index (κ3) is 2.54. The Balaban J connectivity index is 2.29. The molecule has 0 aliphatic heterocycles. The third-order valence-electron chi connectivity index (χ3n) is 3.96. The van der Waals surface area contributed by atoms with Crippen molar-refractivity contribution in [2.45, 2.75) is 5.54 Å². The molecule has 0 atom stereocenters. The quantitative estimate of drug-likeness (QED) is 0.556. The van der Waals surface area contributed by atoms with Gasteiger partial charge in [0.15, 0.2) is 0 Å². The van der Waals surface area contributed by atoms with Gasteiger partial charge in [-0.1, -0.05) is 91.0 Å². The highest BCUT2D eigenvalue weighted by atomic mass is 16.3. The lowest BCUT2D eigenvalue weighted by molar-refractivity contribution is 0.227. The molecular weight excluding hydrogens is 270 g/mol. The Hall–Kier alpha value is -2.42. The molecule has 0 aliphatic carbocycles. The molecule has 0 spiro atoms. The molecule has 2 heteroatoms. The fourth-order valence-electron chi connectivity index (χ4n) is 2.99. The molecule has 2 N–H and O–H groups in total. The highest BCUT2D eigenvalue weighted by Gasteiger charge is 2.35. The molecule has 0 heterocycles. The van der Waals surface area contributed by atoms with Crippen LogP contribution in [0.25, 0.3) is 0 Å². The maximum atomic E-state index is 9.67. The molecule has 0 amide bonds. The Kier molecular flexibility index (Phi) is 4.33. The average Bonchev–Trinajstić information content (AvgIpc) is 2.62. The van der Waals surface area contributed by atoms with Crippen LogP contribution in [0.5, 0.6) is 0 Å². The monoisotopic (exact) mass is 289 g/mol. The van der Waals surface area contributed by atoms with Crippen LogP contribution in [0.1, 0.15) is 16.7 Å². The van der Waals surface area contributed by atoms with E-state index >= 15 is 0 Å². The fraction of sp³-hybridized carbons (Fsp3) is 0.100. The van der Waals surface area contributed by atoms with Gasteiger partial charge in [-0.2, -0.15) is 0 Å². The first-order valence-electron chi connectivity index (χ1n) is 7.40. The van der Waals surface area contributed by atoms with Crippen molar-refractivity contribution in [3.63, 3.8) is 0 Å². The van der Waals surface area contributed by atoms with E-state index in [-0.39, 0.29) is 6.73 Å². The Morgan fingerprint density at radius 1 is 0.591 bits per heavy atom. The fourth-order valence-corrected chi connectivity index (χ4v) is 2.99. The van der Waals surface area contributed by atoms with Crippen molar-refractivity contribution in [3.8, 4) is 0 Å². The van der Waals surface area contributed by atoms with E-state index in [1.165, 1.54) is 0 Å². The molecule has 3 aromatic rings. The molecule has 0 radical (unpaired) electrons. The minimum atomic E-state index is -0.571. The minimum absolute atomic E-state index is 0.112. The Bertz CT molecular complexity index is 599. The number of aliphatic hydroxyl groups excluding tert-OH is 1. The summed E-state index contributed by atoms with van der Waals surface area (Å²) in [6.07, 6.45) is 0. The van der Waals surface area contributed by atoms with Crippen molar-refractivity contribution in [3.05, 3.63) is 108 Å². The summed E-state index contributed by atoms with van der Waals surface area (Å²) in [4.78, 5) is 0.